The number of hydrogen-bond acceptors (Lipinski definition) is 5. The van der Waals surface area contributed by atoms with Crippen LogP contribution in [0.2, 0.25) is 0 Å². The minimum atomic E-state index is -0.956. The predicted octanol–water partition coefficient (Wildman–Crippen LogP) is 2.99. The second kappa shape index (κ2) is 7.03. The van der Waals surface area contributed by atoms with Crippen molar-refractivity contribution in [3.05, 3.63) is 45.4 Å². The molecule has 2 rings (SSSR count). The number of nitrogens with zero attached hydrogens (tertiary/aromatic N) is 2. The van der Waals surface area contributed by atoms with Gasteiger partial charge in [-0.3, -0.25) is 4.79 Å². The number of aryl methyl sites for hydroxylation is 2. The Morgan fingerprint density at radius 1 is 1.48 bits per heavy atom. The Hall–Kier alpha value is -2.72. The molecule has 1 aromatic carbocycles. The number of nitrogens with two attached hydrogens (primary N) is 1. The van der Waals surface area contributed by atoms with Crippen LogP contribution in [0.15, 0.2) is 24.3 Å². The average molecular weight is 328 g/mol. The van der Waals surface area contributed by atoms with Crippen molar-refractivity contribution in [2.75, 3.05) is 5.32 Å². The van der Waals surface area contributed by atoms with Gasteiger partial charge in [0.25, 0.3) is 0 Å². The number of carbonyl (C=O) groups is 2. The van der Waals surface area contributed by atoms with E-state index in [0.717, 1.165) is 17.0 Å². The number of aromatic nitrogens is 1. The summed E-state index contributed by atoms with van der Waals surface area (Å²) in [5.41, 5.74) is 6.71. The van der Waals surface area contributed by atoms with E-state index in [0.29, 0.717) is 16.3 Å². The molecule has 1 aromatic heterocycles. The average Bonchev–Trinajstić information content (AvgIpc) is 2.88. The van der Waals surface area contributed by atoms with Crippen LogP contribution in [0.1, 0.15) is 38.8 Å². The van der Waals surface area contributed by atoms with Crippen LogP contribution in [0.4, 0.5) is 10.5 Å². The molecule has 0 aliphatic rings. The maximum Gasteiger partial charge on any atom is 0.316 e. The molecule has 23 heavy (non-hydrogen) atoms. The topological polar surface area (TPSA) is 109 Å². The predicted molar refractivity (Wildman–Crippen MR) is 88.6 cm³/mol. The quantitative estimate of drug-likeness (QED) is 0.822. The second-order valence-electron chi connectivity index (χ2n) is 4.90. The van der Waals surface area contributed by atoms with Gasteiger partial charge in [-0.25, -0.2) is 9.78 Å². The molecule has 0 aliphatic carbocycles. The molecule has 0 saturated carbocycles. The highest BCUT2D eigenvalue weighted by molar-refractivity contribution is 7.12. The zero-order valence-electron chi connectivity index (χ0n) is 12.8. The molecule has 1 atom stereocenters. The number of ketones is 1. The maximum atomic E-state index is 12.6. The first-order chi connectivity index (χ1) is 11.0. The van der Waals surface area contributed by atoms with Crippen molar-refractivity contribution in [3.63, 3.8) is 0 Å². The molecule has 0 aliphatic heterocycles. The number of nitriles is 1. The smallest absolute Gasteiger partial charge is 0.316 e. The van der Waals surface area contributed by atoms with Gasteiger partial charge in [-0.05, 0) is 25.5 Å². The summed E-state index contributed by atoms with van der Waals surface area (Å²) in [7, 11) is 0. The zero-order chi connectivity index (χ0) is 17.0. The maximum absolute atomic E-state index is 12.6. The molecule has 1 heterocycles. The highest BCUT2D eigenvalue weighted by Gasteiger charge is 2.26. The normalized spacial score (nSPS) is 11.5. The fourth-order valence-electron chi connectivity index (χ4n) is 2.19. The molecule has 0 radical (unpaired) electrons. The van der Waals surface area contributed by atoms with Gasteiger partial charge in [0.2, 0.25) is 0 Å². The van der Waals surface area contributed by atoms with Gasteiger partial charge >= 0.3 is 6.03 Å². The number of rotatable bonds is 5. The number of Topliss-reactive ketones (excluding diaryl/α,β-unsaturated/α-hetero) is 1. The van der Waals surface area contributed by atoms with Crippen molar-refractivity contribution in [3.8, 4) is 6.07 Å². The van der Waals surface area contributed by atoms with Crippen LogP contribution in [0.25, 0.3) is 0 Å². The molecule has 7 heteroatoms. The molecule has 0 fully saturated rings. The Balaban J connectivity index is 2.33. The van der Waals surface area contributed by atoms with E-state index in [1.54, 1.807) is 18.2 Å². The van der Waals surface area contributed by atoms with E-state index < -0.39 is 11.9 Å². The first-order valence-corrected chi connectivity index (χ1v) is 7.84. The van der Waals surface area contributed by atoms with E-state index in [1.165, 1.54) is 17.4 Å². The van der Waals surface area contributed by atoms with Crippen LogP contribution in [0.5, 0.6) is 0 Å². The number of anilines is 1. The molecule has 3 N–H and O–H groups in total. The van der Waals surface area contributed by atoms with Gasteiger partial charge in [0.15, 0.2) is 11.7 Å². The van der Waals surface area contributed by atoms with E-state index in [9.17, 15) is 14.9 Å². The number of amides is 2. The van der Waals surface area contributed by atoms with E-state index in [1.807, 2.05) is 19.9 Å². The van der Waals surface area contributed by atoms with Gasteiger partial charge in [0.1, 0.15) is 5.01 Å². The third kappa shape index (κ3) is 3.73. The molecule has 0 saturated heterocycles. The third-order valence-electron chi connectivity index (χ3n) is 3.30. The summed E-state index contributed by atoms with van der Waals surface area (Å²) >= 11 is 1.37. The van der Waals surface area contributed by atoms with Crippen molar-refractivity contribution in [1.82, 2.24) is 4.98 Å². The Morgan fingerprint density at radius 2 is 2.22 bits per heavy atom. The van der Waals surface area contributed by atoms with Gasteiger partial charge in [-0.2, -0.15) is 5.26 Å². The Kier molecular flexibility index (Phi) is 5.09. The second-order valence-corrected chi connectivity index (χ2v) is 6.14. The highest BCUT2D eigenvalue weighted by atomic mass is 32.1. The Morgan fingerprint density at radius 3 is 2.78 bits per heavy atom. The number of hydrogen-bond donors (Lipinski definition) is 2. The monoisotopic (exact) mass is 328 g/mol. The molecule has 6 nitrogen and oxygen atoms in total. The van der Waals surface area contributed by atoms with Crippen molar-refractivity contribution in [1.29, 1.82) is 5.26 Å². The van der Waals surface area contributed by atoms with Crippen LogP contribution in [0.3, 0.4) is 0 Å². The summed E-state index contributed by atoms with van der Waals surface area (Å²) in [6.45, 7) is 3.91. The lowest BCUT2D eigenvalue weighted by Gasteiger charge is -2.07. The SMILES string of the molecule is CCc1nc([C@H](C#N)C(=O)c2cccc(NC(N)=O)c2)sc1C. The van der Waals surface area contributed by atoms with E-state index in [2.05, 4.69) is 10.3 Å². The standard InChI is InChI=1S/C16H16N4O2S/c1-3-13-9(2)23-15(20-13)12(8-17)14(21)10-5-4-6-11(7-10)19-16(18)22/h4-7,12H,3H2,1-2H3,(H3,18,19,22)/t12-/m1/s1. The minimum Gasteiger partial charge on any atom is -0.351 e. The van der Waals surface area contributed by atoms with E-state index >= 15 is 0 Å². The lowest BCUT2D eigenvalue weighted by Crippen LogP contribution is -2.19. The van der Waals surface area contributed by atoms with Gasteiger partial charge < -0.3 is 11.1 Å². The van der Waals surface area contributed by atoms with Gasteiger partial charge in [-0.15, -0.1) is 11.3 Å². The first-order valence-electron chi connectivity index (χ1n) is 7.02. The number of nitrogens with one attached hydrogen (secondary N) is 1. The van der Waals surface area contributed by atoms with Crippen LogP contribution in [-0.4, -0.2) is 16.8 Å². The molecular weight excluding hydrogens is 312 g/mol. The third-order valence-corrected chi connectivity index (χ3v) is 4.37. The number of carbonyl (C=O) groups excluding carboxylic acids is 2. The summed E-state index contributed by atoms with van der Waals surface area (Å²) in [5.74, 6) is -1.31. The van der Waals surface area contributed by atoms with Gasteiger partial charge in [-0.1, -0.05) is 19.1 Å². The molecule has 0 unspecified atom stereocenters. The molecule has 118 valence electrons. The van der Waals surface area contributed by atoms with Crippen molar-refractivity contribution < 1.29 is 9.59 Å². The summed E-state index contributed by atoms with van der Waals surface area (Å²) in [6.07, 6.45) is 0.757. The van der Waals surface area contributed by atoms with Crippen molar-refractivity contribution in [2.45, 2.75) is 26.2 Å². The highest BCUT2D eigenvalue weighted by Crippen LogP contribution is 2.28. The Bertz CT molecular complexity index is 792. The van der Waals surface area contributed by atoms with Gasteiger partial charge in [0.05, 0.1) is 11.8 Å². The molecule has 0 bridgehead atoms. The fraction of sp³-hybridized carbons (Fsp3) is 0.250. The zero-order valence-corrected chi connectivity index (χ0v) is 13.6. The van der Waals surface area contributed by atoms with Crippen molar-refractivity contribution >= 4 is 28.8 Å². The van der Waals surface area contributed by atoms with E-state index in [4.69, 9.17) is 5.73 Å². The lowest BCUT2D eigenvalue weighted by atomic mass is 9.99. The molecule has 2 aromatic rings. The summed E-state index contributed by atoms with van der Waals surface area (Å²) in [4.78, 5) is 28.9. The molecular formula is C16H16N4O2S. The lowest BCUT2D eigenvalue weighted by molar-refractivity contribution is 0.0978. The van der Waals surface area contributed by atoms with Gasteiger partial charge in [0, 0.05) is 16.1 Å². The minimum absolute atomic E-state index is 0.328. The number of benzene rings is 1. The van der Waals surface area contributed by atoms with Crippen molar-refractivity contribution in [2.24, 2.45) is 5.73 Å². The summed E-state index contributed by atoms with van der Waals surface area (Å²) < 4.78 is 0. The Labute approximate surface area is 138 Å². The number of thiazole rings is 1. The fourth-order valence-corrected chi connectivity index (χ4v) is 3.24. The first kappa shape index (κ1) is 16.6. The van der Waals surface area contributed by atoms with Crippen LogP contribution >= 0.6 is 11.3 Å². The molecule has 2 amide bonds. The number of urea groups is 1. The van der Waals surface area contributed by atoms with Crippen LogP contribution in [-0.2, 0) is 6.42 Å². The summed E-state index contributed by atoms with van der Waals surface area (Å²) in [6, 6.07) is 7.65. The summed E-state index contributed by atoms with van der Waals surface area (Å²) in [5, 5.41) is 12.3. The number of primary amides is 1. The largest absolute Gasteiger partial charge is 0.351 e. The van der Waals surface area contributed by atoms with Crippen LogP contribution < -0.4 is 11.1 Å². The van der Waals surface area contributed by atoms with E-state index in [-0.39, 0.29) is 5.78 Å². The molecule has 0 spiro atoms. The van der Waals surface area contributed by atoms with Crippen LogP contribution in [0, 0.1) is 18.3 Å².